The van der Waals surface area contributed by atoms with Gasteiger partial charge in [0.2, 0.25) is 21.8 Å². The molecule has 0 aliphatic heterocycles. The van der Waals surface area contributed by atoms with Gasteiger partial charge >= 0.3 is 0 Å². The summed E-state index contributed by atoms with van der Waals surface area (Å²) in [4.78, 5) is 27.9. The van der Waals surface area contributed by atoms with Crippen LogP contribution in [-0.4, -0.2) is 49.5 Å². The number of aryl methyl sites for hydroxylation is 2. The predicted molar refractivity (Wildman–Crippen MR) is 137 cm³/mol. The number of hydrogen-bond donors (Lipinski definition) is 1. The lowest BCUT2D eigenvalue weighted by Gasteiger charge is -2.33. The molecule has 0 bridgehead atoms. The molecule has 34 heavy (non-hydrogen) atoms. The minimum absolute atomic E-state index is 0.124. The topological polar surface area (TPSA) is 86.8 Å². The quantitative estimate of drug-likeness (QED) is 0.583. The van der Waals surface area contributed by atoms with Crippen molar-refractivity contribution in [1.29, 1.82) is 0 Å². The van der Waals surface area contributed by atoms with E-state index in [1.165, 1.54) is 4.90 Å². The van der Waals surface area contributed by atoms with E-state index in [9.17, 15) is 18.0 Å². The maximum Gasteiger partial charge on any atom is 0.244 e. The van der Waals surface area contributed by atoms with E-state index in [1.807, 2.05) is 40.7 Å². The molecule has 2 aromatic rings. The summed E-state index contributed by atoms with van der Waals surface area (Å²) in [6.07, 6.45) is 1.07. The zero-order chi connectivity index (χ0) is 25.8. The average molecular weight is 508 g/mol. The first kappa shape index (κ1) is 27.7. The summed E-state index contributed by atoms with van der Waals surface area (Å²) in [6.45, 7) is 10.6. The summed E-state index contributed by atoms with van der Waals surface area (Å²) in [6, 6.07) is 11.5. The van der Waals surface area contributed by atoms with E-state index in [2.05, 4.69) is 5.32 Å². The van der Waals surface area contributed by atoms with Gasteiger partial charge in [-0.1, -0.05) is 29.8 Å². The van der Waals surface area contributed by atoms with Crippen molar-refractivity contribution >= 4 is 39.1 Å². The third-order valence-corrected chi connectivity index (χ3v) is 6.50. The number of amides is 2. The highest BCUT2D eigenvalue weighted by Gasteiger charge is 2.31. The third-order valence-electron chi connectivity index (χ3n) is 5.11. The fourth-order valence-electron chi connectivity index (χ4n) is 3.55. The SMILES string of the molecule is Cc1cc(C)cc(N(CC(=O)N(Cc2ccc(Cl)cc2)[C@@H](C)C(=O)NC(C)(C)C)S(C)(=O)=O)c1. The summed E-state index contributed by atoms with van der Waals surface area (Å²) in [7, 11) is -3.77. The van der Waals surface area contributed by atoms with Crippen LogP contribution in [0.2, 0.25) is 5.02 Å². The first-order valence-corrected chi connectivity index (χ1v) is 13.2. The number of rotatable bonds is 8. The lowest BCUT2D eigenvalue weighted by molar-refractivity contribution is -0.140. The van der Waals surface area contributed by atoms with E-state index in [0.29, 0.717) is 10.7 Å². The van der Waals surface area contributed by atoms with Crippen molar-refractivity contribution < 1.29 is 18.0 Å². The molecule has 186 valence electrons. The number of carbonyl (C=O) groups excluding carboxylic acids is 2. The number of nitrogens with zero attached hydrogens (tertiary/aromatic N) is 2. The van der Waals surface area contributed by atoms with Gasteiger partial charge in [-0.25, -0.2) is 8.42 Å². The molecule has 0 aromatic heterocycles. The van der Waals surface area contributed by atoms with Crippen LogP contribution in [0.15, 0.2) is 42.5 Å². The summed E-state index contributed by atoms with van der Waals surface area (Å²) in [5.74, 6) is -0.816. The first-order valence-electron chi connectivity index (χ1n) is 11.0. The monoisotopic (exact) mass is 507 g/mol. The second-order valence-corrected chi connectivity index (χ2v) is 12.0. The molecule has 0 unspecified atom stereocenters. The molecule has 0 heterocycles. The Bertz CT molecular complexity index is 1120. The van der Waals surface area contributed by atoms with Gasteiger partial charge in [0.1, 0.15) is 12.6 Å². The lowest BCUT2D eigenvalue weighted by atomic mass is 10.1. The molecule has 0 saturated carbocycles. The molecule has 2 amide bonds. The molecule has 0 saturated heterocycles. The van der Waals surface area contributed by atoms with Crippen LogP contribution in [0.4, 0.5) is 5.69 Å². The van der Waals surface area contributed by atoms with Gasteiger partial charge in [0, 0.05) is 17.1 Å². The maximum atomic E-state index is 13.5. The Balaban J connectivity index is 2.43. The number of nitrogens with one attached hydrogen (secondary N) is 1. The Morgan fingerprint density at radius 1 is 1.03 bits per heavy atom. The average Bonchev–Trinajstić information content (AvgIpc) is 2.68. The standard InChI is InChI=1S/C25H34ClN3O4S/c1-17-12-18(2)14-22(13-17)29(34(7,32)33)16-23(30)28(15-20-8-10-21(26)11-9-20)19(3)24(31)27-25(4,5)6/h8-14,19H,15-16H2,1-7H3,(H,27,31)/t19-/m0/s1. The van der Waals surface area contributed by atoms with Crippen LogP contribution in [0, 0.1) is 13.8 Å². The molecule has 0 fully saturated rings. The minimum atomic E-state index is -3.77. The van der Waals surface area contributed by atoms with Crippen LogP contribution >= 0.6 is 11.6 Å². The molecule has 0 radical (unpaired) electrons. The molecule has 2 rings (SSSR count). The van der Waals surface area contributed by atoms with E-state index in [4.69, 9.17) is 11.6 Å². The highest BCUT2D eigenvalue weighted by molar-refractivity contribution is 7.92. The van der Waals surface area contributed by atoms with E-state index < -0.39 is 34.1 Å². The van der Waals surface area contributed by atoms with Gasteiger partial charge < -0.3 is 10.2 Å². The lowest BCUT2D eigenvalue weighted by Crippen LogP contribution is -2.54. The number of benzene rings is 2. The number of hydrogen-bond acceptors (Lipinski definition) is 4. The second kappa shape index (κ2) is 10.8. The molecule has 0 spiro atoms. The Kier molecular flexibility index (Phi) is 8.77. The van der Waals surface area contributed by atoms with Gasteiger partial charge in [-0.3, -0.25) is 13.9 Å². The molecule has 2 aromatic carbocycles. The Morgan fingerprint density at radius 2 is 1.56 bits per heavy atom. The van der Waals surface area contributed by atoms with Gasteiger partial charge in [0.15, 0.2) is 0 Å². The van der Waals surface area contributed by atoms with Gasteiger partial charge in [0.25, 0.3) is 0 Å². The molecule has 0 aliphatic carbocycles. The van der Waals surface area contributed by atoms with E-state index >= 15 is 0 Å². The fourth-order valence-corrected chi connectivity index (χ4v) is 4.51. The van der Waals surface area contributed by atoms with Crippen molar-refractivity contribution in [2.24, 2.45) is 0 Å². The summed E-state index contributed by atoms with van der Waals surface area (Å²) < 4.78 is 26.4. The van der Waals surface area contributed by atoms with Crippen molar-refractivity contribution in [3.8, 4) is 0 Å². The fraction of sp³-hybridized carbons (Fsp3) is 0.440. The third kappa shape index (κ3) is 8.02. The minimum Gasteiger partial charge on any atom is -0.350 e. The van der Waals surface area contributed by atoms with Gasteiger partial charge in [-0.05, 0) is 82.5 Å². The molecule has 1 atom stereocenters. The Labute approximate surface area is 208 Å². The molecular weight excluding hydrogens is 474 g/mol. The van der Waals surface area contributed by atoms with Crippen LogP contribution < -0.4 is 9.62 Å². The van der Waals surface area contributed by atoms with Gasteiger partial charge in [0.05, 0.1) is 11.9 Å². The van der Waals surface area contributed by atoms with Crippen molar-refractivity contribution in [1.82, 2.24) is 10.2 Å². The van der Waals surface area contributed by atoms with E-state index in [0.717, 1.165) is 27.3 Å². The highest BCUT2D eigenvalue weighted by Crippen LogP contribution is 2.22. The van der Waals surface area contributed by atoms with Crippen molar-refractivity contribution in [3.63, 3.8) is 0 Å². The molecule has 9 heteroatoms. The predicted octanol–water partition coefficient (Wildman–Crippen LogP) is 4.05. The molecule has 1 N–H and O–H groups in total. The van der Waals surface area contributed by atoms with Crippen LogP contribution in [-0.2, 0) is 26.2 Å². The zero-order valence-corrected chi connectivity index (χ0v) is 22.4. The van der Waals surface area contributed by atoms with Crippen LogP contribution in [0.3, 0.4) is 0 Å². The number of anilines is 1. The molecular formula is C25H34ClN3O4S. The maximum absolute atomic E-state index is 13.5. The normalized spacial score (nSPS) is 12.7. The van der Waals surface area contributed by atoms with Crippen LogP contribution in [0.1, 0.15) is 44.4 Å². The van der Waals surface area contributed by atoms with Gasteiger partial charge in [-0.2, -0.15) is 0 Å². The summed E-state index contributed by atoms with van der Waals surface area (Å²) in [5.41, 5.74) is 2.45. The second-order valence-electron chi connectivity index (χ2n) is 9.68. The Morgan fingerprint density at radius 3 is 2.03 bits per heavy atom. The smallest absolute Gasteiger partial charge is 0.244 e. The number of carbonyl (C=O) groups is 2. The number of halogens is 1. The van der Waals surface area contributed by atoms with E-state index in [-0.39, 0.29) is 12.5 Å². The Hall–Kier alpha value is -2.58. The largest absolute Gasteiger partial charge is 0.350 e. The van der Waals surface area contributed by atoms with Crippen LogP contribution in [0.5, 0.6) is 0 Å². The first-order chi connectivity index (χ1) is 15.6. The van der Waals surface area contributed by atoms with Crippen LogP contribution in [0.25, 0.3) is 0 Å². The molecule has 7 nitrogen and oxygen atoms in total. The zero-order valence-electron chi connectivity index (χ0n) is 20.8. The summed E-state index contributed by atoms with van der Waals surface area (Å²) >= 11 is 5.99. The summed E-state index contributed by atoms with van der Waals surface area (Å²) in [5, 5.41) is 3.45. The molecule has 0 aliphatic rings. The number of sulfonamides is 1. The van der Waals surface area contributed by atoms with Crippen molar-refractivity contribution in [2.45, 2.75) is 59.7 Å². The van der Waals surface area contributed by atoms with Gasteiger partial charge in [-0.15, -0.1) is 0 Å². The van der Waals surface area contributed by atoms with Crippen molar-refractivity contribution in [3.05, 3.63) is 64.2 Å². The highest BCUT2D eigenvalue weighted by atomic mass is 35.5. The van der Waals surface area contributed by atoms with Crippen molar-refractivity contribution in [2.75, 3.05) is 17.1 Å². The van der Waals surface area contributed by atoms with E-state index in [1.54, 1.807) is 43.3 Å².